The Morgan fingerprint density at radius 3 is 2.60 bits per heavy atom. The summed E-state index contributed by atoms with van der Waals surface area (Å²) in [5, 5.41) is 0.389. The van der Waals surface area contributed by atoms with Crippen LogP contribution in [0.4, 0.5) is 8.78 Å². The molecule has 0 aliphatic heterocycles. The summed E-state index contributed by atoms with van der Waals surface area (Å²) in [5.74, 6) is -2.70. The van der Waals surface area contributed by atoms with Crippen molar-refractivity contribution in [3.8, 4) is 0 Å². The molecular formula is C14H9ClF2O2S. The predicted molar refractivity (Wildman–Crippen MR) is 73.4 cm³/mol. The number of hydrogen-bond donors (Lipinski definition) is 0. The highest BCUT2D eigenvalue weighted by atomic mass is 35.5. The summed E-state index contributed by atoms with van der Waals surface area (Å²) < 4.78 is 38.4. The van der Waals surface area contributed by atoms with Gasteiger partial charge >= 0.3 is 0 Å². The molecule has 20 heavy (non-hydrogen) atoms. The highest BCUT2D eigenvalue weighted by molar-refractivity contribution is 7.85. The van der Waals surface area contributed by atoms with E-state index < -0.39 is 39.5 Å². The average molecular weight is 315 g/mol. The Morgan fingerprint density at radius 2 is 1.90 bits per heavy atom. The number of benzene rings is 2. The second-order valence-electron chi connectivity index (χ2n) is 3.99. The van der Waals surface area contributed by atoms with E-state index >= 15 is 0 Å². The van der Waals surface area contributed by atoms with Crippen LogP contribution in [-0.2, 0) is 10.8 Å². The van der Waals surface area contributed by atoms with E-state index in [0.717, 1.165) is 18.2 Å². The van der Waals surface area contributed by atoms with Gasteiger partial charge in [0.2, 0.25) is 0 Å². The number of halogens is 3. The molecule has 0 saturated carbocycles. The van der Waals surface area contributed by atoms with Gasteiger partial charge in [0.05, 0.1) is 22.1 Å². The molecule has 0 spiro atoms. The zero-order valence-corrected chi connectivity index (χ0v) is 11.7. The van der Waals surface area contributed by atoms with Crippen molar-refractivity contribution >= 4 is 28.2 Å². The second kappa shape index (κ2) is 6.24. The maximum atomic E-state index is 13.4. The first-order chi connectivity index (χ1) is 9.47. The molecule has 6 heteroatoms. The van der Waals surface area contributed by atoms with Gasteiger partial charge in [-0.05, 0) is 36.4 Å². The number of Topliss-reactive ketones (excluding diaryl/α,β-unsaturated/α-hetero) is 1. The van der Waals surface area contributed by atoms with E-state index in [0.29, 0.717) is 9.92 Å². The van der Waals surface area contributed by atoms with Crippen molar-refractivity contribution in [1.29, 1.82) is 0 Å². The van der Waals surface area contributed by atoms with Gasteiger partial charge in [0, 0.05) is 9.92 Å². The van der Waals surface area contributed by atoms with Gasteiger partial charge in [-0.25, -0.2) is 8.78 Å². The summed E-state index contributed by atoms with van der Waals surface area (Å²) in [4.78, 5) is 12.2. The predicted octanol–water partition coefficient (Wildman–Crippen LogP) is 3.61. The lowest BCUT2D eigenvalue weighted by molar-refractivity contribution is 0.101. The minimum atomic E-state index is -1.66. The molecule has 2 nitrogen and oxygen atoms in total. The van der Waals surface area contributed by atoms with Crippen LogP contribution in [0.15, 0.2) is 47.4 Å². The largest absolute Gasteiger partial charge is 0.293 e. The Morgan fingerprint density at radius 1 is 1.15 bits per heavy atom. The van der Waals surface area contributed by atoms with Crippen LogP contribution in [0.1, 0.15) is 10.4 Å². The standard InChI is InChI=1S/C14H9ClF2O2S/c15-9-2-1-3-11(6-9)20(19)8-14(18)12-7-10(16)4-5-13(12)17/h1-7H,8H2. The molecule has 2 rings (SSSR count). The molecule has 104 valence electrons. The Hall–Kier alpha value is -1.59. The summed E-state index contributed by atoms with van der Waals surface area (Å²) >= 11 is 5.76. The first-order valence-electron chi connectivity index (χ1n) is 5.59. The lowest BCUT2D eigenvalue weighted by Gasteiger charge is -2.04. The highest BCUT2D eigenvalue weighted by Gasteiger charge is 2.17. The Kier molecular flexibility index (Phi) is 4.62. The van der Waals surface area contributed by atoms with E-state index in [1.165, 1.54) is 6.07 Å². The number of rotatable bonds is 4. The Labute approximate surface area is 121 Å². The van der Waals surface area contributed by atoms with Gasteiger partial charge in [-0.1, -0.05) is 17.7 Å². The van der Waals surface area contributed by atoms with Crippen LogP contribution >= 0.6 is 11.6 Å². The number of hydrogen-bond acceptors (Lipinski definition) is 2. The third-order valence-electron chi connectivity index (χ3n) is 2.55. The van der Waals surface area contributed by atoms with E-state index in [4.69, 9.17) is 11.6 Å². The van der Waals surface area contributed by atoms with Crippen LogP contribution in [0.2, 0.25) is 5.02 Å². The quantitative estimate of drug-likeness (QED) is 0.808. The SMILES string of the molecule is O=C(CS(=O)c1cccc(Cl)c1)c1cc(F)ccc1F. The first kappa shape index (κ1) is 14.8. The molecule has 2 aromatic carbocycles. The van der Waals surface area contributed by atoms with Crippen LogP contribution in [0.5, 0.6) is 0 Å². The van der Waals surface area contributed by atoms with Gasteiger partial charge in [-0.15, -0.1) is 0 Å². The average Bonchev–Trinajstić information content (AvgIpc) is 2.41. The van der Waals surface area contributed by atoms with E-state index in [1.54, 1.807) is 18.2 Å². The summed E-state index contributed by atoms with van der Waals surface area (Å²) in [6.45, 7) is 0. The molecule has 1 unspecified atom stereocenters. The molecule has 0 aliphatic rings. The van der Waals surface area contributed by atoms with E-state index in [2.05, 4.69) is 0 Å². The topological polar surface area (TPSA) is 34.1 Å². The normalized spacial score (nSPS) is 12.2. The van der Waals surface area contributed by atoms with Crippen molar-refractivity contribution in [3.63, 3.8) is 0 Å². The van der Waals surface area contributed by atoms with Gasteiger partial charge in [0.15, 0.2) is 5.78 Å². The smallest absolute Gasteiger partial charge is 0.178 e. The molecule has 0 heterocycles. The molecule has 0 N–H and O–H groups in total. The summed E-state index contributed by atoms with van der Waals surface area (Å²) in [6, 6.07) is 8.81. The monoisotopic (exact) mass is 314 g/mol. The minimum Gasteiger partial charge on any atom is -0.293 e. The zero-order valence-electron chi connectivity index (χ0n) is 10.1. The molecule has 0 bridgehead atoms. The molecule has 0 aliphatic carbocycles. The van der Waals surface area contributed by atoms with Crippen LogP contribution in [-0.4, -0.2) is 15.7 Å². The number of ketones is 1. The van der Waals surface area contributed by atoms with E-state index in [9.17, 15) is 17.8 Å². The maximum absolute atomic E-state index is 13.4. The highest BCUT2D eigenvalue weighted by Crippen LogP contribution is 2.16. The molecule has 0 fully saturated rings. The van der Waals surface area contributed by atoms with Crippen LogP contribution in [0.3, 0.4) is 0 Å². The minimum absolute atomic E-state index is 0.364. The summed E-state index contributed by atoms with van der Waals surface area (Å²) in [5.41, 5.74) is -0.402. The van der Waals surface area contributed by atoms with Gasteiger partial charge in [0.25, 0.3) is 0 Å². The van der Waals surface area contributed by atoms with Gasteiger partial charge in [0.1, 0.15) is 11.6 Å². The van der Waals surface area contributed by atoms with Crippen molar-refractivity contribution in [2.75, 3.05) is 5.75 Å². The van der Waals surface area contributed by atoms with Crippen LogP contribution < -0.4 is 0 Å². The fourth-order valence-electron chi connectivity index (χ4n) is 1.60. The zero-order chi connectivity index (χ0) is 14.7. The van der Waals surface area contributed by atoms with Gasteiger partial charge < -0.3 is 0 Å². The lowest BCUT2D eigenvalue weighted by atomic mass is 10.1. The maximum Gasteiger partial charge on any atom is 0.178 e. The molecule has 0 amide bonds. The Balaban J connectivity index is 2.19. The third-order valence-corrected chi connectivity index (χ3v) is 4.09. The van der Waals surface area contributed by atoms with E-state index in [1.807, 2.05) is 0 Å². The second-order valence-corrected chi connectivity index (χ2v) is 5.88. The molecule has 1 atom stereocenters. The lowest BCUT2D eigenvalue weighted by Crippen LogP contribution is -2.13. The Bertz CT molecular complexity index is 689. The van der Waals surface area contributed by atoms with Crippen molar-refractivity contribution in [2.24, 2.45) is 0 Å². The first-order valence-corrected chi connectivity index (χ1v) is 7.29. The molecule has 0 radical (unpaired) electrons. The molecule has 0 saturated heterocycles. The van der Waals surface area contributed by atoms with Crippen molar-refractivity contribution < 1.29 is 17.8 Å². The fourth-order valence-corrected chi connectivity index (χ4v) is 2.90. The van der Waals surface area contributed by atoms with Gasteiger partial charge in [-0.2, -0.15) is 0 Å². The van der Waals surface area contributed by atoms with Crippen LogP contribution in [0.25, 0.3) is 0 Å². The van der Waals surface area contributed by atoms with Crippen molar-refractivity contribution in [2.45, 2.75) is 4.90 Å². The summed E-state index contributed by atoms with van der Waals surface area (Å²) in [6.07, 6.45) is 0. The number of carbonyl (C=O) groups excluding carboxylic acids is 1. The molecular weight excluding hydrogens is 306 g/mol. The van der Waals surface area contributed by atoms with Gasteiger partial charge in [-0.3, -0.25) is 9.00 Å². The molecule has 0 aromatic heterocycles. The van der Waals surface area contributed by atoms with Crippen LogP contribution in [0, 0.1) is 11.6 Å². The summed E-state index contributed by atoms with van der Waals surface area (Å²) in [7, 11) is -1.66. The van der Waals surface area contributed by atoms with Crippen molar-refractivity contribution in [1.82, 2.24) is 0 Å². The fraction of sp³-hybridized carbons (Fsp3) is 0.0714. The molecule has 2 aromatic rings. The number of carbonyl (C=O) groups is 1. The van der Waals surface area contributed by atoms with E-state index in [-0.39, 0.29) is 0 Å². The van der Waals surface area contributed by atoms with Crippen molar-refractivity contribution in [3.05, 3.63) is 64.7 Å². The third kappa shape index (κ3) is 3.49.